The minimum atomic E-state index is -2.03. The topological polar surface area (TPSA) is 123 Å². The molecule has 4 unspecified atom stereocenters. The average molecular weight is 398 g/mol. The zero-order valence-corrected chi connectivity index (χ0v) is 16.4. The molecule has 2 aliphatic rings. The van der Waals surface area contributed by atoms with E-state index in [9.17, 15) is 15.8 Å². The van der Waals surface area contributed by atoms with Crippen LogP contribution in [0.15, 0.2) is 54.6 Å². The van der Waals surface area contributed by atoms with Gasteiger partial charge >= 0.3 is 0 Å². The van der Waals surface area contributed by atoms with Gasteiger partial charge in [0.15, 0.2) is 5.41 Å². The molecular formula is C23H18N4O3. The molecule has 4 atom stereocenters. The molecule has 30 heavy (non-hydrogen) atoms. The van der Waals surface area contributed by atoms with Gasteiger partial charge in [-0.3, -0.25) is 5.41 Å². The Morgan fingerprint density at radius 2 is 1.60 bits per heavy atom. The van der Waals surface area contributed by atoms with Crippen LogP contribution in [0.5, 0.6) is 5.75 Å². The van der Waals surface area contributed by atoms with Crippen LogP contribution >= 0.6 is 0 Å². The molecule has 148 valence electrons. The Bertz CT molecular complexity index is 1130. The molecule has 4 rings (SSSR count). The zero-order chi connectivity index (χ0) is 21.6. The third kappa shape index (κ3) is 2.06. The summed E-state index contributed by atoms with van der Waals surface area (Å²) in [5, 5.41) is 39.4. The summed E-state index contributed by atoms with van der Waals surface area (Å²) in [5.41, 5.74) is -2.82. The summed E-state index contributed by atoms with van der Waals surface area (Å²) in [5.74, 6) is -2.33. The van der Waals surface area contributed by atoms with Crippen molar-refractivity contribution in [3.05, 3.63) is 65.7 Å². The van der Waals surface area contributed by atoms with Crippen LogP contribution in [0.4, 0.5) is 0 Å². The third-order valence-electron chi connectivity index (χ3n) is 6.27. The molecule has 7 nitrogen and oxygen atoms in total. The number of fused-ring (bicyclic) bond motifs is 2. The van der Waals surface area contributed by atoms with Crippen molar-refractivity contribution in [2.45, 2.75) is 18.8 Å². The molecule has 0 amide bonds. The molecule has 0 radical (unpaired) electrons. The molecule has 0 saturated carbocycles. The number of hydrogen-bond donors (Lipinski definition) is 1. The van der Waals surface area contributed by atoms with Crippen LogP contribution in [0.3, 0.4) is 0 Å². The van der Waals surface area contributed by atoms with Gasteiger partial charge in [-0.15, -0.1) is 0 Å². The lowest BCUT2D eigenvalue weighted by Crippen LogP contribution is -2.57. The van der Waals surface area contributed by atoms with E-state index >= 15 is 0 Å². The molecule has 7 heteroatoms. The van der Waals surface area contributed by atoms with Crippen molar-refractivity contribution in [3.8, 4) is 24.0 Å². The minimum Gasteiger partial charge on any atom is -0.496 e. The minimum absolute atomic E-state index is 0.411. The first-order valence-corrected chi connectivity index (χ1v) is 9.35. The Morgan fingerprint density at radius 3 is 2.20 bits per heavy atom. The lowest BCUT2D eigenvalue weighted by Gasteiger charge is -2.48. The fourth-order valence-corrected chi connectivity index (χ4v) is 4.70. The van der Waals surface area contributed by atoms with Crippen LogP contribution in [0.1, 0.15) is 24.2 Å². The Morgan fingerprint density at radius 1 is 0.967 bits per heavy atom. The van der Waals surface area contributed by atoms with E-state index in [2.05, 4.69) is 6.07 Å². The Balaban J connectivity index is 2.07. The van der Waals surface area contributed by atoms with E-state index in [0.717, 1.165) is 0 Å². The van der Waals surface area contributed by atoms with Gasteiger partial charge < -0.3 is 14.2 Å². The van der Waals surface area contributed by atoms with Gasteiger partial charge in [0, 0.05) is 11.1 Å². The lowest BCUT2D eigenvalue weighted by molar-refractivity contribution is -0.288. The molecular weight excluding hydrogens is 380 g/mol. The van der Waals surface area contributed by atoms with Crippen molar-refractivity contribution in [2.75, 3.05) is 7.11 Å². The Hall–Kier alpha value is -3.86. The number of hydrogen-bond acceptors (Lipinski definition) is 7. The van der Waals surface area contributed by atoms with Gasteiger partial charge in [0.05, 0.1) is 31.2 Å². The summed E-state index contributed by atoms with van der Waals surface area (Å²) < 4.78 is 17.8. The second-order valence-electron chi connectivity index (χ2n) is 7.38. The number of rotatable bonds is 3. The van der Waals surface area contributed by atoms with Gasteiger partial charge in [-0.25, -0.2) is 0 Å². The normalized spacial score (nSPS) is 31.0. The molecule has 2 aliphatic heterocycles. The van der Waals surface area contributed by atoms with Crippen molar-refractivity contribution in [1.29, 1.82) is 21.2 Å². The third-order valence-corrected chi connectivity index (χ3v) is 6.27. The van der Waals surface area contributed by atoms with Gasteiger partial charge in [-0.1, -0.05) is 55.5 Å². The standard InChI is InChI=1S/C23H18N4O3/c1-15-22(14-26)20(27)30-23(15,16-8-4-3-5-9-16)29-19(21(22,12-24)13-25)17-10-6-7-11-18(17)28-2/h3-11,15,19,27H,1-2H3. The smallest absolute Gasteiger partial charge is 0.244 e. The molecule has 2 aromatic rings. The quantitative estimate of drug-likeness (QED) is 0.839. The molecule has 0 aromatic heterocycles. The van der Waals surface area contributed by atoms with E-state index in [-0.39, 0.29) is 0 Å². The summed E-state index contributed by atoms with van der Waals surface area (Å²) in [4.78, 5) is 0. The first-order chi connectivity index (χ1) is 14.5. The number of nitrogens with one attached hydrogen (secondary N) is 1. The summed E-state index contributed by atoms with van der Waals surface area (Å²) >= 11 is 0. The van der Waals surface area contributed by atoms with E-state index in [1.165, 1.54) is 7.11 Å². The van der Waals surface area contributed by atoms with Gasteiger partial charge in [0.2, 0.25) is 17.1 Å². The molecule has 2 heterocycles. The number of nitrogens with zero attached hydrogens (tertiary/aromatic N) is 3. The first-order valence-electron chi connectivity index (χ1n) is 9.35. The SMILES string of the molecule is COc1ccccc1C1OC2(c3ccccc3)OC(=N)C(C#N)(C2C)C1(C#N)C#N. The molecule has 2 aromatic carbocycles. The van der Waals surface area contributed by atoms with Crippen LogP contribution < -0.4 is 4.74 Å². The predicted octanol–water partition coefficient (Wildman–Crippen LogP) is 3.81. The number of para-hydroxylation sites is 1. The Kier molecular flexibility index (Phi) is 4.28. The van der Waals surface area contributed by atoms with E-state index in [1.54, 1.807) is 55.5 Å². The molecule has 1 N–H and O–H groups in total. The molecule has 0 spiro atoms. The van der Waals surface area contributed by atoms with Crippen LogP contribution in [0, 0.1) is 56.2 Å². The lowest BCUT2D eigenvalue weighted by atomic mass is 9.53. The van der Waals surface area contributed by atoms with Crippen molar-refractivity contribution < 1.29 is 14.2 Å². The van der Waals surface area contributed by atoms with Crippen LogP contribution in [-0.2, 0) is 15.3 Å². The molecule has 0 aliphatic carbocycles. The maximum Gasteiger partial charge on any atom is 0.244 e. The van der Waals surface area contributed by atoms with Gasteiger partial charge in [0.1, 0.15) is 11.9 Å². The second-order valence-corrected chi connectivity index (χ2v) is 7.38. The number of benzene rings is 2. The highest BCUT2D eigenvalue weighted by Crippen LogP contribution is 2.69. The van der Waals surface area contributed by atoms with Crippen LogP contribution in [0.25, 0.3) is 0 Å². The van der Waals surface area contributed by atoms with Crippen molar-refractivity contribution in [1.82, 2.24) is 0 Å². The monoisotopic (exact) mass is 398 g/mol. The largest absolute Gasteiger partial charge is 0.496 e. The van der Waals surface area contributed by atoms with E-state index in [0.29, 0.717) is 16.9 Å². The number of methoxy groups -OCH3 is 1. The Labute approximate surface area is 174 Å². The molecule has 2 fully saturated rings. The summed E-state index contributed by atoms with van der Waals surface area (Å²) in [6, 6.07) is 22.0. The summed E-state index contributed by atoms with van der Waals surface area (Å²) in [7, 11) is 1.48. The van der Waals surface area contributed by atoms with E-state index in [4.69, 9.17) is 19.6 Å². The average Bonchev–Trinajstić information content (AvgIpc) is 2.96. The highest BCUT2D eigenvalue weighted by atomic mass is 16.7. The fourth-order valence-electron chi connectivity index (χ4n) is 4.70. The first kappa shape index (κ1) is 19.5. The highest BCUT2D eigenvalue weighted by Gasteiger charge is 2.79. The second kappa shape index (κ2) is 6.59. The van der Waals surface area contributed by atoms with E-state index < -0.39 is 34.5 Å². The van der Waals surface area contributed by atoms with Gasteiger partial charge in [-0.05, 0) is 6.07 Å². The van der Waals surface area contributed by atoms with Crippen LogP contribution in [-0.4, -0.2) is 13.0 Å². The van der Waals surface area contributed by atoms with E-state index in [1.807, 2.05) is 18.2 Å². The highest BCUT2D eigenvalue weighted by molar-refractivity contribution is 5.89. The predicted molar refractivity (Wildman–Crippen MR) is 105 cm³/mol. The number of ether oxygens (including phenoxy) is 3. The maximum atomic E-state index is 10.3. The van der Waals surface area contributed by atoms with Crippen molar-refractivity contribution >= 4 is 5.90 Å². The maximum absolute atomic E-state index is 10.3. The van der Waals surface area contributed by atoms with Gasteiger partial charge in [-0.2, -0.15) is 15.8 Å². The van der Waals surface area contributed by atoms with Crippen LogP contribution in [0.2, 0.25) is 0 Å². The number of nitriles is 3. The fraction of sp³-hybridized carbons (Fsp3) is 0.304. The molecule has 2 bridgehead atoms. The zero-order valence-electron chi connectivity index (χ0n) is 16.4. The van der Waals surface area contributed by atoms with Crippen molar-refractivity contribution in [3.63, 3.8) is 0 Å². The van der Waals surface area contributed by atoms with Crippen molar-refractivity contribution in [2.24, 2.45) is 16.7 Å². The summed E-state index contributed by atoms with van der Waals surface area (Å²) in [6.07, 6.45) is -1.19. The summed E-state index contributed by atoms with van der Waals surface area (Å²) in [6.45, 7) is 1.68. The molecule has 2 saturated heterocycles. The van der Waals surface area contributed by atoms with Gasteiger partial charge in [0.25, 0.3) is 0 Å².